The normalized spacial score (nSPS) is 26.1. The van der Waals surface area contributed by atoms with Crippen molar-refractivity contribution in [2.24, 2.45) is 0 Å². The summed E-state index contributed by atoms with van der Waals surface area (Å²) in [6, 6.07) is 7.36. The molecule has 0 amide bonds. The number of hydrogen-bond acceptors (Lipinski definition) is 3. The number of fused-ring (bicyclic) bond motifs is 2. The first-order valence-electron chi connectivity index (χ1n) is 8.07. The van der Waals surface area contributed by atoms with E-state index in [0.717, 1.165) is 5.56 Å². The van der Waals surface area contributed by atoms with Crippen molar-refractivity contribution in [2.45, 2.75) is 50.2 Å². The van der Waals surface area contributed by atoms with Crippen molar-refractivity contribution in [3.8, 4) is 0 Å². The maximum Gasteiger partial charge on any atom is 0.336 e. The van der Waals surface area contributed by atoms with E-state index in [1.807, 2.05) is 4.08 Å². The van der Waals surface area contributed by atoms with Crippen LogP contribution in [0.5, 0.6) is 0 Å². The number of methoxy groups -OCH3 is 1. The summed E-state index contributed by atoms with van der Waals surface area (Å²) in [6.45, 7) is 0. The van der Waals surface area contributed by atoms with Crippen LogP contribution in [0.2, 0.25) is 0 Å². The Morgan fingerprint density at radius 3 is 2.39 bits per heavy atom. The molecule has 2 heterocycles. The van der Waals surface area contributed by atoms with Gasteiger partial charge in [-0.1, -0.05) is 41.1 Å². The third-order valence-electron chi connectivity index (χ3n) is 5.07. The number of rotatable bonds is 4. The highest BCUT2D eigenvalue weighted by atomic mass is 127. The van der Waals surface area contributed by atoms with Gasteiger partial charge in [-0.25, -0.2) is 9.18 Å². The lowest BCUT2D eigenvalue weighted by Crippen LogP contribution is -2.44. The predicted molar refractivity (Wildman–Crippen MR) is 95.8 cm³/mol. The fourth-order valence-electron chi connectivity index (χ4n) is 4.07. The summed E-state index contributed by atoms with van der Waals surface area (Å²) >= 11 is 2.10. The summed E-state index contributed by atoms with van der Waals surface area (Å²) < 4.78 is 20.2. The third-order valence-corrected chi connectivity index (χ3v) is 5.74. The molecular formula is C18H21FINO2. The number of hydrogen-bond donors (Lipinski definition) is 0. The van der Waals surface area contributed by atoms with Crippen LogP contribution in [0.3, 0.4) is 0 Å². The molecule has 2 saturated heterocycles. The topological polar surface area (TPSA) is 29.5 Å². The lowest BCUT2D eigenvalue weighted by Gasteiger charge is -2.41. The molecule has 5 heteroatoms. The van der Waals surface area contributed by atoms with Gasteiger partial charge in [0.15, 0.2) is 0 Å². The number of esters is 1. The SMILES string of the molecule is COC(=O)/C(=C\I)C(c1ccc(F)cc1)N1C2CCCC1CC2. The standard InChI is InChI=1S/C18H21FINO2/c1-23-18(22)16(11-20)17(12-5-7-13(19)8-6-12)21-14-3-2-4-15(21)10-9-14/h5-8,11,14-15,17H,2-4,9-10H2,1H3/b16-11-. The van der Waals surface area contributed by atoms with Crippen molar-refractivity contribution in [1.82, 2.24) is 4.90 Å². The molecule has 3 unspecified atom stereocenters. The Hall–Kier alpha value is -0.950. The molecule has 2 aliphatic heterocycles. The minimum absolute atomic E-state index is 0.155. The molecule has 0 radical (unpaired) electrons. The molecule has 1 aromatic rings. The van der Waals surface area contributed by atoms with E-state index in [2.05, 4.69) is 27.5 Å². The van der Waals surface area contributed by atoms with E-state index in [0.29, 0.717) is 17.7 Å². The molecular weight excluding hydrogens is 408 g/mol. The first-order chi connectivity index (χ1) is 11.2. The Labute approximate surface area is 150 Å². The van der Waals surface area contributed by atoms with E-state index in [1.54, 1.807) is 12.1 Å². The number of carbonyl (C=O) groups is 1. The largest absolute Gasteiger partial charge is 0.466 e. The molecule has 3 rings (SSSR count). The molecule has 2 fully saturated rings. The summed E-state index contributed by atoms with van der Waals surface area (Å²) in [5.41, 5.74) is 1.59. The molecule has 2 bridgehead atoms. The Bertz CT molecular complexity index is 586. The van der Waals surface area contributed by atoms with E-state index in [1.165, 1.54) is 51.3 Å². The first kappa shape index (κ1) is 16.9. The monoisotopic (exact) mass is 429 g/mol. The number of ether oxygens (including phenoxy) is 1. The van der Waals surface area contributed by atoms with Gasteiger partial charge in [0.2, 0.25) is 0 Å². The Balaban J connectivity index is 2.03. The zero-order chi connectivity index (χ0) is 16.4. The van der Waals surface area contributed by atoms with Gasteiger partial charge in [0, 0.05) is 12.1 Å². The van der Waals surface area contributed by atoms with Crippen LogP contribution >= 0.6 is 22.6 Å². The maximum atomic E-state index is 13.3. The number of piperidine rings is 1. The van der Waals surface area contributed by atoms with Gasteiger partial charge < -0.3 is 4.74 Å². The highest BCUT2D eigenvalue weighted by Crippen LogP contribution is 2.44. The Kier molecular flexibility index (Phi) is 5.36. The fourth-order valence-corrected chi connectivity index (χ4v) is 4.66. The highest BCUT2D eigenvalue weighted by molar-refractivity contribution is 14.1. The van der Waals surface area contributed by atoms with Crippen LogP contribution in [0.25, 0.3) is 0 Å². The summed E-state index contributed by atoms with van der Waals surface area (Å²) in [4.78, 5) is 14.8. The van der Waals surface area contributed by atoms with Gasteiger partial charge in [-0.15, -0.1) is 0 Å². The molecule has 0 N–H and O–H groups in total. The zero-order valence-corrected chi connectivity index (χ0v) is 15.3. The minimum atomic E-state index is -0.307. The van der Waals surface area contributed by atoms with Crippen LogP contribution in [0.4, 0.5) is 4.39 Å². The minimum Gasteiger partial charge on any atom is -0.466 e. The Morgan fingerprint density at radius 2 is 1.87 bits per heavy atom. The molecule has 3 atom stereocenters. The van der Waals surface area contributed by atoms with E-state index >= 15 is 0 Å². The molecule has 23 heavy (non-hydrogen) atoms. The van der Waals surface area contributed by atoms with Crippen molar-refractivity contribution in [3.05, 3.63) is 45.3 Å². The number of halogens is 2. The van der Waals surface area contributed by atoms with Gasteiger partial charge in [0.05, 0.1) is 18.7 Å². The Morgan fingerprint density at radius 1 is 1.26 bits per heavy atom. The quantitative estimate of drug-likeness (QED) is 0.405. The van der Waals surface area contributed by atoms with Gasteiger partial charge in [-0.3, -0.25) is 4.90 Å². The summed E-state index contributed by atoms with van der Waals surface area (Å²) in [5.74, 6) is -0.564. The first-order valence-corrected chi connectivity index (χ1v) is 9.31. The van der Waals surface area contributed by atoms with Gasteiger partial charge in [0.1, 0.15) is 5.82 Å². The van der Waals surface area contributed by atoms with Gasteiger partial charge >= 0.3 is 5.97 Å². The van der Waals surface area contributed by atoms with E-state index < -0.39 is 0 Å². The average Bonchev–Trinajstić information content (AvgIpc) is 2.80. The fraction of sp³-hybridized carbons (Fsp3) is 0.500. The van der Waals surface area contributed by atoms with Crippen LogP contribution in [-0.4, -0.2) is 30.1 Å². The number of benzene rings is 1. The van der Waals surface area contributed by atoms with E-state index in [4.69, 9.17) is 4.74 Å². The molecule has 0 aliphatic carbocycles. The summed E-state index contributed by atoms with van der Waals surface area (Å²) in [5, 5.41) is 0. The van der Waals surface area contributed by atoms with Crippen LogP contribution in [0.1, 0.15) is 43.7 Å². The van der Waals surface area contributed by atoms with Crippen LogP contribution in [0, 0.1) is 5.82 Å². The van der Waals surface area contributed by atoms with Crippen molar-refractivity contribution < 1.29 is 13.9 Å². The van der Waals surface area contributed by atoms with Crippen molar-refractivity contribution >= 4 is 28.6 Å². The number of carbonyl (C=O) groups excluding carboxylic acids is 1. The molecule has 0 aromatic heterocycles. The van der Waals surface area contributed by atoms with Crippen LogP contribution < -0.4 is 0 Å². The van der Waals surface area contributed by atoms with Crippen LogP contribution in [0.15, 0.2) is 33.9 Å². The van der Waals surface area contributed by atoms with E-state index in [9.17, 15) is 9.18 Å². The lowest BCUT2D eigenvalue weighted by molar-refractivity contribution is -0.137. The highest BCUT2D eigenvalue weighted by Gasteiger charge is 2.43. The smallest absolute Gasteiger partial charge is 0.336 e. The molecule has 0 spiro atoms. The zero-order valence-electron chi connectivity index (χ0n) is 13.2. The third kappa shape index (κ3) is 3.31. The molecule has 0 saturated carbocycles. The predicted octanol–water partition coefficient (Wildman–Crippen LogP) is 4.38. The van der Waals surface area contributed by atoms with Gasteiger partial charge in [0.25, 0.3) is 0 Å². The summed E-state index contributed by atoms with van der Waals surface area (Å²) in [7, 11) is 1.41. The second kappa shape index (κ2) is 7.30. The second-order valence-corrected chi connectivity index (χ2v) is 6.90. The van der Waals surface area contributed by atoms with Crippen molar-refractivity contribution in [1.29, 1.82) is 0 Å². The van der Waals surface area contributed by atoms with E-state index in [-0.39, 0.29) is 17.8 Å². The summed E-state index contributed by atoms with van der Waals surface area (Å²) in [6.07, 6.45) is 5.95. The lowest BCUT2D eigenvalue weighted by atomic mass is 9.92. The molecule has 124 valence electrons. The molecule has 2 aliphatic rings. The van der Waals surface area contributed by atoms with Crippen molar-refractivity contribution in [3.63, 3.8) is 0 Å². The maximum absolute atomic E-state index is 13.3. The molecule has 3 nitrogen and oxygen atoms in total. The molecule has 1 aromatic carbocycles. The average molecular weight is 429 g/mol. The van der Waals surface area contributed by atoms with Crippen molar-refractivity contribution in [2.75, 3.05) is 7.11 Å². The van der Waals surface area contributed by atoms with Crippen LogP contribution in [-0.2, 0) is 9.53 Å². The van der Waals surface area contributed by atoms with Gasteiger partial charge in [-0.2, -0.15) is 0 Å². The second-order valence-electron chi connectivity index (χ2n) is 6.27. The number of nitrogens with zero attached hydrogens (tertiary/aromatic N) is 1. The van der Waals surface area contributed by atoms with Gasteiger partial charge in [-0.05, 0) is 47.5 Å².